The first-order valence-electron chi connectivity index (χ1n) is 6.43. The van der Waals surface area contributed by atoms with Crippen LogP contribution >= 0.6 is 11.6 Å². The Hall–Kier alpha value is -2.60. The molecule has 0 bridgehead atoms. The second kappa shape index (κ2) is 7.42. The molecule has 114 valence electrons. The number of benzene rings is 2. The SMILES string of the molecule is O=C(NCc1ccc(Cl)cc1[N+](=O)[O-])OCc1ccccc1. The van der Waals surface area contributed by atoms with E-state index < -0.39 is 11.0 Å². The van der Waals surface area contributed by atoms with Crippen molar-refractivity contribution < 1.29 is 14.5 Å². The lowest BCUT2D eigenvalue weighted by molar-refractivity contribution is -0.385. The van der Waals surface area contributed by atoms with Gasteiger partial charge >= 0.3 is 6.09 Å². The third-order valence-electron chi connectivity index (χ3n) is 2.88. The molecular weight excluding hydrogens is 308 g/mol. The molecule has 22 heavy (non-hydrogen) atoms. The highest BCUT2D eigenvalue weighted by atomic mass is 35.5. The number of carbonyl (C=O) groups is 1. The Balaban J connectivity index is 1.90. The third kappa shape index (κ3) is 4.46. The van der Waals surface area contributed by atoms with E-state index in [-0.39, 0.29) is 23.9 Å². The standard InChI is InChI=1S/C15H13ClN2O4/c16-13-7-6-12(14(8-13)18(20)21)9-17-15(19)22-10-11-4-2-1-3-5-11/h1-8H,9-10H2,(H,17,19). The van der Waals surface area contributed by atoms with Gasteiger partial charge in [-0.05, 0) is 17.7 Å². The van der Waals surface area contributed by atoms with E-state index in [4.69, 9.17) is 16.3 Å². The molecule has 1 N–H and O–H groups in total. The largest absolute Gasteiger partial charge is 0.445 e. The molecule has 1 amide bonds. The number of nitro groups is 1. The summed E-state index contributed by atoms with van der Waals surface area (Å²) in [5.74, 6) is 0. The molecular formula is C15H13ClN2O4. The zero-order valence-electron chi connectivity index (χ0n) is 11.5. The maximum Gasteiger partial charge on any atom is 0.407 e. The van der Waals surface area contributed by atoms with Gasteiger partial charge in [-0.25, -0.2) is 4.79 Å². The Kier molecular flexibility index (Phi) is 5.32. The van der Waals surface area contributed by atoms with E-state index in [2.05, 4.69) is 5.32 Å². The first-order chi connectivity index (χ1) is 10.6. The van der Waals surface area contributed by atoms with Crippen molar-refractivity contribution in [3.8, 4) is 0 Å². The van der Waals surface area contributed by atoms with Gasteiger partial charge in [-0.2, -0.15) is 0 Å². The number of ether oxygens (including phenoxy) is 1. The summed E-state index contributed by atoms with van der Waals surface area (Å²) >= 11 is 5.72. The van der Waals surface area contributed by atoms with Crippen molar-refractivity contribution in [2.75, 3.05) is 0 Å². The Bertz CT molecular complexity index is 676. The van der Waals surface area contributed by atoms with Gasteiger partial charge in [-0.3, -0.25) is 10.1 Å². The van der Waals surface area contributed by atoms with Crippen LogP contribution in [0.15, 0.2) is 48.5 Å². The highest BCUT2D eigenvalue weighted by Gasteiger charge is 2.15. The number of halogens is 1. The Labute approximate surface area is 131 Å². The number of hydrogen-bond acceptors (Lipinski definition) is 4. The molecule has 0 aliphatic heterocycles. The number of nitrogens with zero attached hydrogens (tertiary/aromatic N) is 1. The van der Waals surface area contributed by atoms with Gasteiger partial charge in [0.15, 0.2) is 0 Å². The topological polar surface area (TPSA) is 81.5 Å². The maximum absolute atomic E-state index is 11.6. The fourth-order valence-corrected chi connectivity index (χ4v) is 1.96. The summed E-state index contributed by atoms with van der Waals surface area (Å²) in [5.41, 5.74) is 1.07. The first-order valence-corrected chi connectivity index (χ1v) is 6.81. The van der Waals surface area contributed by atoms with Crippen LogP contribution in [0.25, 0.3) is 0 Å². The van der Waals surface area contributed by atoms with Gasteiger partial charge in [-0.15, -0.1) is 0 Å². The van der Waals surface area contributed by atoms with Crippen LogP contribution in [-0.2, 0) is 17.9 Å². The first kappa shape index (κ1) is 15.8. The third-order valence-corrected chi connectivity index (χ3v) is 3.12. The average molecular weight is 321 g/mol. The van der Waals surface area contributed by atoms with E-state index in [1.807, 2.05) is 30.3 Å². The number of amides is 1. The van der Waals surface area contributed by atoms with Gasteiger partial charge in [-0.1, -0.05) is 41.9 Å². The van der Waals surface area contributed by atoms with Crippen LogP contribution in [0.3, 0.4) is 0 Å². The smallest absolute Gasteiger partial charge is 0.407 e. The fourth-order valence-electron chi connectivity index (χ4n) is 1.80. The van der Waals surface area contributed by atoms with Crippen molar-refractivity contribution >= 4 is 23.4 Å². The predicted octanol–water partition coefficient (Wildman–Crippen LogP) is 3.67. The van der Waals surface area contributed by atoms with Crippen molar-refractivity contribution in [1.82, 2.24) is 5.32 Å². The molecule has 0 aliphatic rings. The zero-order valence-corrected chi connectivity index (χ0v) is 12.2. The molecule has 2 aromatic carbocycles. The normalized spacial score (nSPS) is 10.0. The minimum Gasteiger partial charge on any atom is -0.445 e. The lowest BCUT2D eigenvalue weighted by Crippen LogP contribution is -2.24. The second-order valence-corrected chi connectivity index (χ2v) is 4.88. The van der Waals surface area contributed by atoms with Crippen molar-refractivity contribution in [3.05, 3.63) is 74.8 Å². The van der Waals surface area contributed by atoms with Gasteiger partial charge in [0.1, 0.15) is 6.61 Å². The molecule has 0 atom stereocenters. The molecule has 0 fully saturated rings. The maximum atomic E-state index is 11.6. The van der Waals surface area contributed by atoms with Crippen LogP contribution in [0.1, 0.15) is 11.1 Å². The molecule has 0 unspecified atom stereocenters. The van der Waals surface area contributed by atoms with Gasteiger partial charge in [0.05, 0.1) is 11.5 Å². The second-order valence-electron chi connectivity index (χ2n) is 4.45. The highest BCUT2D eigenvalue weighted by molar-refractivity contribution is 6.30. The van der Waals surface area contributed by atoms with Crippen molar-refractivity contribution in [3.63, 3.8) is 0 Å². The number of rotatable bonds is 5. The van der Waals surface area contributed by atoms with Crippen LogP contribution in [-0.4, -0.2) is 11.0 Å². The van der Waals surface area contributed by atoms with E-state index in [1.54, 1.807) is 0 Å². The van der Waals surface area contributed by atoms with Gasteiger partial charge in [0, 0.05) is 16.7 Å². The molecule has 0 saturated carbocycles. The molecule has 6 nitrogen and oxygen atoms in total. The molecule has 0 aromatic heterocycles. The minimum absolute atomic E-state index is 0.0128. The fraction of sp³-hybridized carbons (Fsp3) is 0.133. The number of carbonyl (C=O) groups excluding carboxylic acids is 1. The molecule has 0 spiro atoms. The molecule has 2 rings (SSSR count). The summed E-state index contributed by atoms with van der Waals surface area (Å²) in [6, 6.07) is 13.5. The molecule has 0 radical (unpaired) electrons. The van der Waals surface area contributed by atoms with Crippen LogP contribution in [0.5, 0.6) is 0 Å². The van der Waals surface area contributed by atoms with Crippen LogP contribution < -0.4 is 5.32 Å². The van der Waals surface area contributed by atoms with Crippen molar-refractivity contribution in [1.29, 1.82) is 0 Å². The molecule has 0 heterocycles. The number of hydrogen-bond donors (Lipinski definition) is 1. The van der Waals surface area contributed by atoms with Crippen molar-refractivity contribution in [2.45, 2.75) is 13.2 Å². The summed E-state index contributed by atoms with van der Waals surface area (Å²) in [6.07, 6.45) is -0.645. The van der Waals surface area contributed by atoms with Crippen LogP contribution in [0.4, 0.5) is 10.5 Å². The van der Waals surface area contributed by atoms with E-state index >= 15 is 0 Å². The molecule has 7 heteroatoms. The van der Waals surface area contributed by atoms with Crippen LogP contribution in [0.2, 0.25) is 5.02 Å². The van der Waals surface area contributed by atoms with E-state index in [9.17, 15) is 14.9 Å². The molecule has 0 aliphatic carbocycles. The number of alkyl carbamates (subject to hydrolysis) is 1. The summed E-state index contributed by atoms with van der Waals surface area (Å²) in [4.78, 5) is 22.0. The quantitative estimate of drug-likeness (QED) is 0.673. The monoisotopic (exact) mass is 320 g/mol. The Morgan fingerprint density at radius 1 is 1.23 bits per heavy atom. The van der Waals surface area contributed by atoms with Gasteiger partial charge in [0.2, 0.25) is 0 Å². The molecule has 2 aromatic rings. The zero-order chi connectivity index (χ0) is 15.9. The van der Waals surface area contributed by atoms with E-state index in [1.165, 1.54) is 18.2 Å². The summed E-state index contributed by atoms with van der Waals surface area (Å²) in [6.45, 7) is 0.122. The van der Waals surface area contributed by atoms with E-state index in [0.717, 1.165) is 5.56 Å². The van der Waals surface area contributed by atoms with Gasteiger partial charge in [0.25, 0.3) is 5.69 Å². The van der Waals surface area contributed by atoms with E-state index in [0.29, 0.717) is 5.56 Å². The Morgan fingerprint density at radius 3 is 2.64 bits per heavy atom. The number of nitro benzene ring substituents is 1. The lowest BCUT2D eigenvalue weighted by atomic mass is 10.2. The molecule has 0 saturated heterocycles. The summed E-state index contributed by atoms with van der Waals surface area (Å²) < 4.78 is 5.03. The summed E-state index contributed by atoms with van der Waals surface area (Å²) in [5, 5.41) is 13.7. The van der Waals surface area contributed by atoms with Crippen molar-refractivity contribution in [2.24, 2.45) is 0 Å². The predicted molar refractivity (Wildman–Crippen MR) is 81.6 cm³/mol. The minimum atomic E-state index is -0.645. The number of nitrogens with one attached hydrogen (secondary N) is 1. The summed E-state index contributed by atoms with van der Waals surface area (Å²) in [7, 11) is 0. The van der Waals surface area contributed by atoms with Crippen LogP contribution in [0, 0.1) is 10.1 Å². The average Bonchev–Trinajstić information content (AvgIpc) is 2.52. The lowest BCUT2D eigenvalue weighted by Gasteiger charge is -2.08. The Morgan fingerprint density at radius 2 is 1.95 bits per heavy atom. The van der Waals surface area contributed by atoms with Gasteiger partial charge < -0.3 is 10.1 Å². The highest BCUT2D eigenvalue weighted by Crippen LogP contribution is 2.23.